The van der Waals surface area contributed by atoms with Gasteiger partial charge in [-0.25, -0.2) is 87.0 Å². The first-order valence-corrected chi connectivity index (χ1v) is 48.6. The van der Waals surface area contributed by atoms with Gasteiger partial charge < -0.3 is 71.2 Å². The fraction of sp³-hybridized carbons (Fsp3) is 0.321. The van der Waals surface area contributed by atoms with Crippen molar-refractivity contribution in [1.29, 1.82) is 0 Å². The van der Waals surface area contributed by atoms with Gasteiger partial charge in [-0.2, -0.15) is 20.4 Å². The molecule has 148 heavy (non-hydrogen) atoms. The number of benzene rings is 4. The molecule has 7 N–H and O–H groups in total. The SMILES string of the molecule is C=C(C)c1c2cc(-c3nc(Cl)ncc3F)ccc2nn1C.C=C(C)c1c2cc(-c3nc(Nc4ccc(N5CCN(C(=O)OC(C)(C)C)CC5)cn4)ncc3F)ccc2nn1C.C=C(C)c1c2cc(-c3nc(Nc4ccc(N5CCNCC5)cn4)ncc3F)ccc2nn1C.CC(C)(C)OC(=O)N1CCN(c2ccc(N)nc2)CC1.CC(C)c1c2cc(-c3nc(Nc4ccc(N5CCNCC5)cn4)ncc3F)ccc2nn1C.I. The van der Waals surface area contributed by atoms with Crippen LogP contribution in [0, 0.1) is 23.3 Å². The second-order valence-corrected chi connectivity index (χ2v) is 38.6. The minimum Gasteiger partial charge on any atom is -0.444 e. The van der Waals surface area contributed by atoms with Gasteiger partial charge in [0, 0.05) is 182 Å². The molecule has 36 nitrogen and oxygen atoms in total. The van der Waals surface area contributed by atoms with Gasteiger partial charge in [-0.3, -0.25) is 18.7 Å². The maximum atomic E-state index is 14.8. The third-order valence-corrected chi connectivity index (χ3v) is 24.7. The summed E-state index contributed by atoms with van der Waals surface area (Å²) in [4.78, 5) is 87.5. The molecule has 42 heteroatoms. The van der Waals surface area contributed by atoms with Crippen LogP contribution in [-0.4, -0.2) is 237 Å². The number of piperazine rings is 4. The highest BCUT2D eigenvalue weighted by Crippen LogP contribution is 2.38. The Balaban J connectivity index is 0.000000141. The third kappa shape index (κ3) is 25.9. The predicted octanol–water partition coefficient (Wildman–Crippen LogP) is 19.2. The van der Waals surface area contributed by atoms with Crippen LogP contribution >= 0.6 is 35.6 Å². The van der Waals surface area contributed by atoms with Crippen molar-refractivity contribution in [2.75, 3.05) is 146 Å². The molecule has 0 unspecified atom stereocenters. The van der Waals surface area contributed by atoms with Gasteiger partial charge >= 0.3 is 12.2 Å². The van der Waals surface area contributed by atoms with Crippen LogP contribution in [0.4, 0.5) is 91.0 Å². The summed E-state index contributed by atoms with van der Waals surface area (Å²) in [6, 6.07) is 37.5. The Hall–Kier alpha value is -15.5. The molecule has 0 atom stereocenters. The molecule has 12 aromatic heterocycles. The number of pyridine rings is 4. The Morgan fingerprint density at radius 2 is 0.676 bits per heavy atom. The molecule has 770 valence electrons. The number of anilines is 11. The van der Waals surface area contributed by atoms with E-state index in [1.54, 1.807) is 54.4 Å². The number of aromatic nitrogens is 20. The van der Waals surface area contributed by atoms with Crippen molar-refractivity contribution in [1.82, 2.24) is 119 Å². The molecule has 16 aromatic rings. The fourth-order valence-corrected chi connectivity index (χ4v) is 17.8. The Kier molecular flexibility index (Phi) is 33.5. The molecule has 20 rings (SSSR count). The number of fused-ring (bicyclic) bond motifs is 4. The first-order valence-electron chi connectivity index (χ1n) is 48.2. The van der Waals surface area contributed by atoms with Crippen LogP contribution < -0.4 is 51.9 Å². The number of nitrogens with two attached hydrogens (primary N) is 1. The van der Waals surface area contributed by atoms with Crippen LogP contribution in [0.25, 0.3) is 105 Å². The molecule has 0 spiro atoms. The van der Waals surface area contributed by atoms with E-state index in [-0.39, 0.29) is 82.0 Å². The fourth-order valence-electron chi connectivity index (χ4n) is 17.7. The number of halogens is 6. The van der Waals surface area contributed by atoms with E-state index in [9.17, 15) is 27.2 Å². The van der Waals surface area contributed by atoms with E-state index in [2.05, 4.69) is 160 Å². The number of allylic oxidation sites excluding steroid dienone is 3. The summed E-state index contributed by atoms with van der Waals surface area (Å²) in [7, 11) is 7.52. The van der Waals surface area contributed by atoms with E-state index in [1.165, 1.54) is 12.4 Å². The summed E-state index contributed by atoms with van der Waals surface area (Å²) >= 11 is 5.75. The highest BCUT2D eigenvalue weighted by atomic mass is 127. The number of rotatable bonds is 18. The van der Waals surface area contributed by atoms with Crippen molar-refractivity contribution in [2.24, 2.45) is 28.2 Å². The van der Waals surface area contributed by atoms with Crippen LogP contribution in [-0.2, 0) is 37.7 Å². The van der Waals surface area contributed by atoms with Crippen molar-refractivity contribution in [3.8, 4) is 45.0 Å². The van der Waals surface area contributed by atoms with Crippen molar-refractivity contribution in [3.05, 3.63) is 242 Å². The summed E-state index contributed by atoms with van der Waals surface area (Å²) in [6.07, 6.45) is 11.2. The number of carbonyl (C=O) groups is 2. The molecule has 4 saturated heterocycles. The Bertz CT molecular complexity index is 7490. The Morgan fingerprint density at radius 1 is 0.385 bits per heavy atom. The zero-order valence-electron chi connectivity index (χ0n) is 85.3. The van der Waals surface area contributed by atoms with Gasteiger partial charge in [0.25, 0.3) is 0 Å². The zero-order valence-corrected chi connectivity index (χ0v) is 88.4. The smallest absolute Gasteiger partial charge is 0.410 e. The van der Waals surface area contributed by atoms with Crippen LogP contribution in [0.2, 0.25) is 5.28 Å². The number of hydrogen-bond acceptors (Lipinski definition) is 30. The van der Waals surface area contributed by atoms with Gasteiger partial charge in [0.15, 0.2) is 23.3 Å². The number of nitrogens with zero attached hydrogens (tertiary/aromatic N) is 26. The quantitative estimate of drug-likeness (QED) is 0.0264. The third-order valence-electron chi connectivity index (χ3n) is 24.5. The minimum absolute atomic E-state index is 0. The second kappa shape index (κ2) is 46.5. The maximum Gasteiger partial charge on any atom is 0.410 e. The molecule has 16 heterocycles. The number of amides is 2. The van der Waals surface area contributed by atoms with Crippen LogP contribution in [0.15, 0.2) is 191 Å². The average Bonchev–Trinajstić information content (AvgIpc) is 1.62. The summed E-state index contributed by atoms with van der Waals surface area (Å²) in [5.41, 5.74) is 21.9. The molecule has 0 radical (unpaired) electrons. The van der Waals surface area contributed by atoms with E-state index in [0.717, 1.165) is 184 Å². The molecule has 0 aliphatic carbocycles. The predicted molar refractivity (Wildman–Crippen MR) is 587 cm³/mol. The molecule has 0 saturated carbocycles. The summed E-state index contributed by atoms with van der Waals surface area (Å²) < 4.78 is 76.2. The summed E-state index contributed by atoms with van der Waals surface area (Å²) in [6.45, 7) is 46.3. The van der Waals surface area contributed by atoms with Crippen LogP contribution in [0.3, 0.4) is 0 Å². The molecule has 4 aliphatic rings. The molecular formula is C106H120ClF4IN32O4. The number of ether oxygens (including phenoxy) is 2. The van der Waals surface area contributed by atoms with Crippen molar-refractivity contribution in [3.63, 3.8) is 0 Å². The van der Waals surface area contributed by atoms with Gasteiger partial charge in [-0.15, -0.1) is 24.0 Å². The van der Waals surface area contributed by atoms with E-state index in [1.807, 2.05) is 211 Å². The van der Waals surface area contributed by atoms with E-state index in [0.29, 0.717) is 90.7 Å². The monoisotopic (exact) mass is 2140 g/mol. The van der Waals surface area contributed by atoms with Gasteiger partial charge in [0.05, 0.1) is 111 Å². The number of aryl methyl sites for hydroxylation is 4. The molecular weight excluding hydrogens is 2020 g/mol. The summed E-state index contributed by atoms with van der Waals surface area (Å²) in [5, 5.41) is 37.6. The second-order valence-electron chi connectivity index (χ2n) is 38.3. The van der Waals surface area contributed by atoms with Gasteiger partial charge in [-0.05, 0) is 194 Å². The first kappa shape index (κ1) is 107. The average molecular weight is 2140 g/mol. The lowest BCUT2D eigenvalue weighted by Crippen LogP contribution is -2.50. The van der Waals surface area contributed by atoms with Crippen molar-refractivity contribution >= 4 is 172 Å². The standard InChI is InChI=1S/C29H33FN8O2.C24H27FN8.C24H25FN8.C15H12ClFN4.C14H22N4O2.HI/c1-18(2)26-21-15-19(7-9-23(21)35-36(26)6)25-22(30)17-32-27(34-25)33-24-10-8-20(16-31-24)37-11-13-38(14-12-37)28(39)40-29(3,4)5;2*1-15(2)23-18-12-16(4-6-20(18)31-32(23)3)22-19(25)14-28-24(30-22)29-21-7-5-17(13-27-21)33-10-8-26-9-11-33;1-8(2)14-10-6-9(4-5-12(10)20-21(14)3)13-11(17)7-18-15(16)19-13;1-14(2,3)20-13(19)18-8-6-17(7-9-18)11-4-5-12(15)16-10-11;/h7-10,15-17H,1,11-14H2,2-6H3,(H,31,32,33,34);4-7,12-15,26H,8-11H2,1-3H3,(H,27,28,29,30);4-7,12-14,26H,1,8-11H2,2-3H3,(H,27,28,29,30);4-7H,1H2,2-3H3;4-5,10H,6-9H2,1-3H3,(H2,15,16);1H. The van der Waals surface area contributed by atoms with Crippen molar-refractivity contribution in [2.45, 2.75) is 93.3 Å². The van der Waals surface area contributed by atoms with E-state index >= 15 is 0 Å². The van der Waals surface area contributed by atoms with Crippen molar-refractivity contribution < 1.29 is 36.6 Å². The maximum absolute atomic E-state index is 14.8. The Labute approximate surface area is 876 Å². The molecule has 0 bridgehead atoms. The van der Waals surface area contributed by atoms with Gasteiger partial charge in [0.1, 0.15) is 57.2 Å². The highest BCUT2D eigenvalue weighted by Gasteiger charge is 2.31. The van der Waals surface area contributed by atoms with E-state index in [4.69, 9.17) is 26.8 Å². The lowest BCUT2D eigenvalue weighted by Gasteiger charge is -2.36. The molecule has 4 fully saturated rings. The molecule has 4 aromatic carbocycles. The lowest BCUT2D eigenvalue weighted by molar-refractivity contribution is 0.0230. The van der Waals surface area contributed by atoms with Gasteiger partial charge in [0.2, 0.25) is 23.1 Å². The van der Waals surface area contributed by atoms with Crippen LogP contribution in [0.1, 0.15) is 105 Å². The largest absolute Gasteiger partial charge is 0.444 e. The Morgan fingerprint density at radius 3 is 0.973 bits per heavy atom. The van der Waals surface area contributed by atoms with Crippen LogP contribution in [0.5, 0.6) is 0 Å². The first-order chi connectivity index (χ1) is 70.3. The van der Waals surface area contributed by atoms with E-state index < -0.39 is 34.5 Å². The number of hydrogen-bond donors (Lipinski definition) is 6. The molecule has 2 amide bonds. The van der Waals surface area contributed by atoms with Gasteiger partial charge in [-0.1, -0.05) is 57.8 Å². The zero-order chi connectivity index (χ0) is 104. The number of nitrogen functional groups attached to an aromatic ring is 1. The lowest BCUT2D eigenvalue weighted by atomic mass is 10.0. The number of carbonyl (C=O) groups excluding carboxylic acids is 2. The number of nitrogens with one attached hydrogen (secondary N) is 5. The minimum atomic E-state index is -0.528. The highest BCUT2D eigenvalue weighted by molar-refractivity contribution is 14.0. The topological polar surface area (TPSA) is 384 Å². The normalized spacial score (nSPS) is 13.8. The summed E-state index contributed by atoms with van der Waals surface area (Å²) in [5.74, 6) is 1.33. The molecule has 4 aliphatic heterocycles.